The van der Waals surface area contributed by atoms with E-state index in [9.17, 15) is 4.79 Å². The van der Waals surface area contributed by atoms with Gasteiger partial charge >= 0.3 is 0 Å². The van der Waals surface area contributed by atoms with Crippen molar-refractivity contribution in [3.05, 3.63) is 60.7 Å². The molecule has 3 aromatic heterocycles. The molecule has 1 amide bonds. The van der Waals surface area contributed by atoms with Crippen LogP contribution in [0.3, 0.4) is 0 Å². The molecule has 0 radical (unpaired) electrons. The van der Waals surface area contributed by atoms with Crippen LogP contribution in [0.15, 0.2) is 65.3 Å². The fraction of sp³-hybridized carbons (Fsp3) is 0.158. The van der Waals surface area contributed by atoms with Crippen LogP contribution in [-0.4, -0.2) is 37.0 Å². The van der Waals surface area contributed by atoms with Gasteiger partial charge in [-0.2, -0.15) is 0 Å². The van der Waals surface area contributed by atoms with Crippen molar-refractivity contribution in [1.82, 2.24) is 24.1 Å². The minimum absolute atomic E-state index is 0.144. The molecular formula is C19H18N6OS. The van der Waals surface area contributed by atoms with E-state index in [0.29, 0.717) is 10.9 Å². The summed E-state index contributed by atoms with van der Waals surface area (Å²) in [4.78, 5) is 27.6. The summed E-state index contributed by atoms with van der Waals surface area (Å²) in [5.41, 5.74) is 3.22. The zero-order valence-electron chi connectivity index (χ0n) is 15.2. The zero-order valence-corrected chi connectivity index (χ0v) is 16.0. The van der Waals surface area contributed by atoms with Crippen LogP contribution in [0.1, 0.15) is 10.5 Å². The van der Waals surface area contributed by atoms with Crippen molar-refractivity contribution in [1.29, 1.82) is 0 Å². The van der Waals surface area contributed by atoms with Crippen molar-refractivity contribution in [2.24, 2.45) is 14.1 Å². The fourth-order valence-corrected chi connectivity index (χ4v) is 3.71. The number of amides is 1. The third-order valence-electron chi connectivity index (χ3n) is 4.43. The Morgan fingerprint density at radius 2 is 1.85 bits per heavy atom. The number of nitrogens with zero attached hydrogens (tertiary/aromatic N) is 6. The number of hydrogen-bond donors (Lipinski definition) is 0. The molecule has 4 aromatic rings. The molecule has 4 rings (SSSR count). The van der Waals surface area contributed by atoms with E-state index in [-0.39, 0.29) is 5.91 Å². The molecule has 0 aliphatic rings. The van der Waals surface area contributed by atoms with Gasteiger partial charge in [0.1, 0.15) is 5.69 Å². The molecule has 7 nitrogen and oxygen atoms in total. The third-order valence-corrected chi connectivity index (χ3v) is 5.54. The molecule has 0 atom stereocenters. The van der Waals surface area contributed by atoms with Gasteiger partial charge in [0.15, 0.2) is 10.3 Å². The lowest BCUT2D eigenvalue weighted by atomic mass is 10.3. The van der Waals surface area contributed by atoms with Crippen molar-refractivity contribution in [3.8, 4) is 0 Å². The van der Waals surface area contributed by atoms with Gasteiger partial charge in [-0.05, 0) is 36.0 Å². The average Bonchev–Trinajstić information content (AvgIpc) is 3.22. The number of carbonyl (C=O) groups is 1. The number of anilines is 1. The second-order valence-electron chi connectivity index (χ2n) is 6.10. The van der Waals surface area contributed by atoms with Crippen LogP contribution in [0.2, 0.25) is 0 Å². The van der Waals surface area contributed by atoms with Crippen LogP contribution in [0.5, 0.6) is 0 Å². The zero-order chi connectivity index (χ0) is 19.0. The van der Waals surface area contributed by atoms with Gasteiger partial charge < -0.3 is 14.0 Å². The lowest BCUT2D eigenvalue weighted by Crippen LogP contribution is -2.28. The molecular weight excluding hydrogens is 360 g/mol. The van der Waals surface area contributed by atoms with Gasteiger partial charge in [-0.1, -0.05) is 12.1 Å². The van der Waals surface area contributed by atoms with Crippen molar-refractivity contribution in [2.45, 2.75) is 10.3 Å². The van der Waals surface area contributed by atoms with E-state index in [2.05, 4.69) is 15.0 Å². The Morgan fingerprint density at radius 3 is 2.59 bits per heavy atom. The Hall–Kier alpha value is -3.13. The lowest BCUT2D eigenvalue weighted by Gasteiger charge is -2.16. The Kier molecular flexibility index (Phi) is 4.41. The number of pyridine rings is 1. The maximum Gasteiger partial charge on any atom is 0.276 e. The molecule has 1 aromatic carbocycles. The summed E-state index contributed by atoms with van der Waals surface area (Å²) in [6.07, 6.45) is 4.93. The SMILES string of the molecule is CN(C(=O)c1cnc(Sc2nc3ccccc3n2C)n1C)c1cccnc1. The summed E-state index contributed by atoms with van der Waals surface area (Å²) in [7, 11) is 5.54. The largest absolute Gasteiger partial charge is 0.322 e. The van der Waals surface area contributed by atoms with Gasteiger partial charge in [-0.25, -0.2) is 9.97 Å². The first-order chi connectivity index (χ1) is 13.1. The number of hydrogen-bond acceptors (Lipinski definition) is 5. The fourth-order valence-electron chi connectivity index (χ4n) is 2.82. The third kappa shape index (κ3) is 3.08. The molecule has 136 valence electrons. The maximum absolute atomic E-state index is 12.8. The maximum atomic E-state index is 12.8. The average molecular weight is 378 g/mol. The van der Waals surface area contributed by atoms with E-state index in [4.69, 9.17) is 0 Å². The number of imidazole rings is 2. The van der Waals surface area contributed by atoms with Crippen LogP contribution >= 0.6 is 11.8 Å². The standard InChI is InChI=1S/C19H18N6OS/c1-23(13-7-6-10-20-11-13)17(26)16-12-21-18(25(16)3)27-19-22-14-8-4-5-9-15(14)24(19)2/h4-12H,1-3H3. The normalized spacial score (nSPS) is 11.1. The van der Waals surface area contributed by atoms with Crippen molar-refractivity contribution in [2.75, 3.05) is 11.9 Å². The van der Waals surface area contributed by atoms with E-state index in [1.807, 2.05) is 49.0 Å². The highest BCUT2D eigenvalue weighted by atomic mass is 32.2. The number of carbonyl (C=O) groups excluding carboxylic acids is 1. The van der Waals surface area contributed by atoms with Crippen molar-refractivity contribution in [3.63, 3.8) is 0 Å². The predicted molar refractivity (Wildman–Crippen MR) is 105 cm³/mol. The highest BCUT2D eigenvalue weighted by Gasteiger charge is 2.20. The minimum Gasteiger partial charge on any atom is -0.322 e. The molecule has 0 fully saturated rings. The smallest absolute Gasteiger partial charge is 0.276 e. The predicted octanol–water partition coefficient (Wildman–Crippen LogP) is 3.13. The monoisotopic (exact) mass is 378 g/mol. The number of aromatic nitrogens is 5. The summed E-state index contributed by atoms with van der Waals surface area (Å²) in [6, 6.07) is 11.6. The van der Waals surface area contributed by atoms with Gasteiger partial charge in [0.2, 0.25) is 0 Å². The Bertz CT molecular complexity index is 1120. The number of para-hydroxylation sites is 2. The van der Waals surface area contributed by atoms with E-state index in [0.717, 1.165) is 21.9 Å². The molecule has 0 saturated carbocycles. The highest BCUT2D eigenvalue weighted by Crippen LogP contribution is 2.29. The molecule has 0 saturated heterocycles. The minimum atomic E-state index is -0.144. The molecule has 0 bridgehead atoms. The first-order valence-corrected chi connectivity index (χ1v) is 9.17. The van der Waals surface area contributed by atoms with Gasteiger partial charge in [0.05, 0.1) is 29.1 Å². The van der Waals surface area contributed by atoms with Gasteiger partial charge in [-0.15, -0.1) is 0 Å². The molecule has 0 spiro atoms. The van der Waals surface area contributed by atoms with E-state index >= 15 is 0 Å². The van der Waals surface area contributed by atoms with Gasteiger partial charge in [0.25, 0.3) is 5.91 Å². The summed E-state index contributed by atoms with van der Waals surface area (Å²) >= 11 is 1.43. The van der Waals surface area contributed by atoms with E-state index in [1.54, 1.807) is 41.2 Å². The van der Waals surface area contributed by atoms with Crippen LogP contribution in [-0.2, 0) is 14.1 Å². The summed E-state index contributed by atoms with van der Waals surface area (Å²) in [5, 5.41) is 1.53. The Morgan fingerprint density at radius 1 is 1.04 bits per heavy atom. The van der Waals surface area contributed by atoms with Crippen LogP contribution < -0.4 is 4.90 Å². The van der Waals surface area contributed by atoms with Crippen molar-refractivity contribution >= 4 is 34.4 Å². The first-order valence-electron chi connectivity index (χ1n) is 8.35. The molecule has 0 N–H and O–H groups in total. The molecule has 0 aliphatic heterocycles. The molecule has 0 unspecified atom stereocenters. The lowest BCUT2D eigenvalue weighted by molar-refractivity contribution is 0.0984. The van der Waals surface area contributed by atoms with E-state index in [1.165, 1.54) is 11.8 Å². The quantitative estimate of drug-likeness (QED) is 0.546. The second-order valence-corrected chi connectivity index (χ2v) is 7.04. The van der Waals surface area contributed by atoms with Crippen LogP contribution in [0, 0.1) is 0 Å². The second kappa shape index (κ2) is 6.88. The summed E-state index contributed by atoms with van der Waals surface area (Å²) in [5.74, 6) is -0.144. The Balaban J connectivity index is 1.62. The molecule has 3 heterocycles. The van der Waals surface area contributed by atoms with E-state index < -0.39 is 0 Å². The van der Waals surface area contributed by atoms with Gasteiger partial charge in [-0.3, -0.25) is 9.78 Å². The highest BCUT2D eigenvalue weighted by molar-refractivity contribution is 7.99. The molecule has 8 heteroatoms. The first kappa shape index (κ1) is 17.3. The number of rotatable bonds is 4. The van der Waals surface area contributed by atoms with Crippen molar-refractivity contribution < 1.29 is 4.79 Å². The summed E-state index contributed by atoms with van der Waals surface area (Å²) in [6.45, 7) is 0. The Labute approximate surface area is 160 Å². The summed E-state index contributed by atoms with van der Waals surface area (Å²) < 4.78 is 3.82. The van der Waals surface area contributed by atoms with Crippen LogP contribution in [0.25, 0.3) is 11.0 Å². The van der Waals surface area contributed by atoms with Crippen LogP contribution in [0.4, 0.5) is 5.69 Å². The molecule has 0 aliphatic carbocycles. The number of benzene rings is 1. The van der Waals surface area contributed by atoms with Gasteiger partial charge in [0, 0.05) is 27.3 Å². The topological polar surface area (TPSA) is 68.8 Å². The number of fused-ring (bicyclic) bond motifs is 1. The molecule has 27 heavy (non-hydrogen) atoms. The number of aryl methyl sites for hydroxylation is 1.